The summed E-state index contributed by atoms with van der Waals surface area (Å²) in [5, 5.41) is 0. The number of carbonyl (C=O) groups is 1. The molecule has 0 fully saturated rings. The smallest absolute Gasteiger partial charge is 0.166 e. The lowest BCUT2D eigenvalue weighted by atomic mass is 10.0. The monoisotopic (exact) mass is 310 g/mol. The second-order valence-electron chi connectivity index (χ2n) is 4.16. The number of rotatable bonds is 8. The number of hydrogen-bond acceptors (Lipinski definition) is 2. The number of ketones is 1. The van der Waals surface area contributed by atoms with Gasteiger partial charge in [-0.15, -0.1) is 6.58 Å². The minimum Gasteiger partial charge on any atom is -0.496 e. The van der Waals surface area contributed by atoms with Crippen LogP contribution in [0.2, 0.25) is 0 Å². The van der Waals surface area contributed by atoms with E-state index in [0.717, 1.165) is 30.2 Å². The van der Waals surface area contributed by atoms with Crippen LogP contribution in [0.15, 0.2) is 35.3 Å². The van der Waals surface area contributed by atoms with Gasteiger partial charge in [0.2, 0.25) is 0 Å². The highest BCUT2D eigenvalue weighted by Crippen LogP contribution is 2.25. The molecule has 0 unspecified atom stereocenters. The molecule has 0 aliphatic heterocycles. The normalized spacial score (nSPS) is 10.1. The highest BCUT2D eigenvalue weighted by atomic mass is 79.9. The third-order valence-corrected chi connectivity index (χ3v) is 3.27. The SMILES string of the molecule is C=CCCCCCC(=O)c1ccc(Br)cc1OC. The molecular weight excluding hydrogens is 292 g/mol. The van der Waals surface area contributed by atoms with E-state index < -0.39 is 0 Å². The van der Waals surface area contributed by atoms with Crippen LogP contribution in [0.3, 0.4) is 0 Å². The molecule has 1 aromatic rings. The highest BCUT2D eigenvalue weighted by molar-refractivity contribution is 9.10. The van der Waals surface area contributed by atoms with Gasteiger partial charge in [-0.05, 0) is 37.5 Å². The van der Waals surface area contributed by atoms with E-state index in [0.29, 0.717) is 17.7 Å². The summed E-state index contributed by atoms with van der Waals surface area (Å²) in [7, 11) is 1.59. The predicted octanol–water partition coefficient (Wildman–Crippen LogP) is 4.78. The lowest BCUT2D eigenvalue weighted by Gasteiger charge is -2.08. The van der Waals surface area contributed by atoms with E-state index in [-0.39, 0.29) is 5.78 Å². The Morgan fingerprint density at radius 3 is 2.83 bits per heavy atom. The summed E-state index contributed by atoms with van der Waals surface area (Å²) in [5.74, 6) is 0.790. The maximum Gasteiger partial charge on any atom is 0.166 e. The molecule has 1 rings (SSSR count). The highest BCUT2D eigenvalue weighted by Gasteiger charge is 2.11. The van der Waals surface area contributed by atoms with Crippen molar-refractivity contribution in [2.24, 2.45) is 0 Å². The summed E-state index contributed by atoms with van der Waals surface area (Å²) in [5.41, 5.74) is 0.671. The van der Waals surface area contributed by atoms with Gasteiger partial charge in [-0.1, -0.05) is 28.4 Å². The van der Waals surface area contributed by atoms with Crippen LogP contribution >= 0.6 is 15.9 Å². The van der Waals surface area contributed by atoms with Crippen molar-refractivity contribution in [3.8, 4) is 5.75 Å². The van der Waals surface area contributed by atoms with Crippen molar-refractivity contribution in [3.05, 3.63) is 40.9 Å². The summed E-state index contributed by atoms with van der Waals surface area (Å²) in [4.78, 5) is 12.1. The van der Waals surface area contributed by atoms with Gasteiger partial charge < -0.3 is 4.74 Å². The summed E-state index contributed by atoms with van der Waals surface area (Å²) in [6.45, 7) is 3.68. The standard InChI is InChI=1S/C15H19BrO2/c1-3-4-5-6-7-8-14(17)13-10-9-12(16)11-15(13)18-2/h3,9-11H,1,4-8H2,2H3. The molecule has 0 aromatic heterocycles. The molecule has 0 saturated carbocycles. The molecule has 2 nitrogen and oxygen atoms in total. The Labute approximate surface area is 117 Å². The summed E-state index contributed by atoms with van der Waals surface area (Å²) in [6, 6.07) is 5.51. The zero-order valence-electron chi connectivity index (χ0n) is 10.7. The van der Waals surface area contributed by atoms with Crippen LogP contribution in [0.4, 0.5) is 0 Å². The molecule has 0 N–H and O–H groups in total. The molecule has 0 saturated heterocycles. The number of Topliss-reactive ketones (excluding diaryl/α,β-unsaturated/α-hetero) is 1. The van der Waals surface area contributed by atoms with Crippen LogP contribution in [0.1, 0.15) is 42.5 Å². The molecule has 98 valence electrons. The fourth-order valence-electron chi connectivity index (χ4n) is 1.78. The molecule has 1 aromatic carbocycles. The minimum atomic E-state index is 0.151. The van der Waals surface area contributed by atoms with Crippen molar-refractivity contribution in [1.82, 2.24) is 0 Å². The summed E-state index contributed by atoms with van der Waals surface area (Å²) >= 11 is 3.37. The van der Waals surface area contributed by atoms with Gasteiger partial charge in [-0.25, -0.2) is 0 Å². The van der Waals surface area contributed by atoms with Crippen LogP contribution in [0, 0.1) is 0 Å². The van der Waals surface area contributed by atoms with Crippen molar-refractivity contribution in [3.63, 3.8) is 0 Å². The number of ether oxygens (including phenoxy) is 1. The van der Waals surface area contributed by atoms with Crippen LogP contribution in [0.5, 0.6) is 5.75 Å². The van der Waals surface area contributed by atoms with E-state index in [1.54, 1.807) is 7.11 Å². The Morgan fingerprint density at radius 1 is 1.39 bits per heavy atom. The molecule has 0 amide bonds. The van der Waals surface area contributed by atoms with E-state index in [1.807, 2.05) is 24.3 Å². The molecule has 0 aliphatic rings. The molecule has 0 atom stereocenters. The van der Waals surface area contributed by atoms with Crippen LogP contribution in [-0.2, 0) is 0 Å². The van der Waals surface area contributed by atoms with Crippen LogP contribution in [0.25, 0.3) is 0 Å². The van der Waals surface area contributed by atoms with Gasteiger partial charge in [0.1, 0.15) is 5.75 Å². The van der Waals surface area contributed by atoms with E-state index in [4.69, 9.17) is 4.74 Å². The molecule has 3 heteroatoms. The average Bonchev–Trinajstić information content (AvgIpc) is 2.38. The van der Waals surface area contributed by atoms with Gasteiger partial charge in [0.25, 0.3) is 0 Å². The lowest BCUT2D eigenvalue weighted by Crippen LogP contribution is -2.02. The van der Waals surface area contributed by atoms with Crippen molar-refractivity contribution >= 4 is 21.7 Å². The maximum atomic E-state index is 12.1. The van der Waals surface area contributed by atoms with Gasteiger partial charge in [-0.3, -0.25) is 4.79 Å². The Hall–Kier alpha value is -1.09. The van der Waals surface area contributed by atoms with E-state index in [1.165, 1.54) is 0 Å². The maximum absolute atomic E-state index is 12.1. The van der Waals surface area contributed by atoms with Crippen molar-refractivity contribution in [2.45, 2.75) is 32.1 Å². The Kier molecular flexibility index (Phi) is 6.73. The third-order valence-electron chi connectivity index (χ3n) is 2.78. The van der Waals surface area contributed by atoms with Crippen molar-refractivity contribution in [1.29, 1.82) is 0 Å². The van der Waals surface area contributed by atoms with E-state index in [9.17, 15) is 4.79 Å². The zero-order chi connectivity index (χ0) is 13.4. The Bertz CT molecular complexity index is 413. The summed E-state index contributed by atoms with van der Waals surface area (Å²) in [6.07, 6.45) is 6.61. The van der Waals surface area contributed by atoms with Crippen molar-refractivity contribution in [2.75, 3.05) is 7.11 Å². The number of allylic oxidation sites excluding steroid dienone is 1. The first kappa shape index (κ1) is 15.0. The van der Waals surface area contributed by atoms with Crippen molar-refractivity contribution < 1.29 is 9.53 Å². The van der Waals surface area contributed by atoms with Crippen LogP contribution in [-0.4, -0.2) is 12.9 Å². The lowest BCUT2D eigenvalue weighted by molar-refractivity contribution is 0.0976. The number of halogens is 1. The van der Waals surface area contributed by atoms with Gasteiger partial charge in [-0.2, -0.15) is 0 Å². The molecule has 0 aliphatic carbocycles. The van der Waals surface area contributed by atoms with Crippen LogP contribution < -0.4 is 4.74 Å². The number of carbonyl (C=O) groups excluding carboxylic acids is 1. The van der Waals surface area contributed by atoms with E-state index in [2.05, 4.69) is 22.5 Å². The van der Waals surface area contributed by atoms with Gasteiger partial charge in [0, 0.05) is 10.9 Å². The first-order valence-corrected chi connectivity index (χ1v) is 6.96. The number of methoxy groups -OCH3 is 1. The number of benzene rings is 1. The first-order valence-electron chi connectivity index (χ1n) is 6.16. The average molecular weight is 311 g/mol. The molecule has 0 radical (unpaired) electrons. The fraction of sp³-hybridized carbons (Fsp3) is 0.400. The fourth-order valence-corrected chi connectivity index (χ4v) is 2.12. The zero-order valence-corrected chi connectivity index (χ0v) is 12.3. The largest absolute Gasteiger partial charge is 0.496 e. The Balaban J connectivity index is 2.53. The second-order valence-corrected chi connectivity index (χ2v) is 5.07. The quantitative estimate of drug-likeness (QED) is 0.392. The summed E-state index contributed by atoms with van der Waals surface area (Å²) < 4.78 is 6.15. The second kappa shape index (κ2) is 8.09. The molecule has 0 spiro atoms. The van der Waals surface area contributed by atoms with Gasteiger partial charge in [0.05, 0.1) is 12.7 Å². The number of unbranched alkanes of at least 4 members (excludes halogenated alkanes) is 3. The topological polar surface area (TPSA) is 26.3 Å². The molecular formula is C15H19BrO2. The third kappa shape index (κ3) is 4.65. The Morgan fingerprint density at radius 2 is 2.17 bits per heavy atom. The van der Waals surface area contributed by atoms with E-state index >= 15 is 0 Å². The minimum absolute atomic E-state index is 0.151. The predicted molar refractivity (Wildman–Crippen MR) is 78.3 cm³/mol. The number of hydrogen-bond donors (Lipinski definition) is 0. The molecule has 0 bridgehead atoms. The molecule has 18 heavy (non-hydrogen) atoms. The first-order chi connectivity index (χ1) is 8.69. The van der Waals surface area contributed by atoms with Gasteiger partial charge in [0.15, 0.2) is 5.78 Å². The molecule has 0 heterocycles. The van der Waals surface area contributed by atoms with Gasteiger partial charge >= 0.3 is 0 Å².